The molecule has 0 saturated heterocycles. The van der Waals surface area contributed by atoms with E-state index in [9.17, 15) is 0 Å². The Morgan fingerprint density at radius 2 is 0.962 bits per heavy atom. The van der Waals surface area contributed by atoms with Crippen molar-refractivity contribution in [2.45, 2.75) is 129 Å². The van der Waals surface area contributed by atoms with Gasteiger partial charge in [0, 0.05) is 0 Å². The van der Waals surface area contributed by atoms with Crippen molar-refractivity contribution >= 4 is 0 Å². The molecule has 0 nitrogen and oxygen atoms in total. The third-order valence-corrected chi connectivity index (χ3v) is 6.24. The molecule has 0 fully saturated rings. The van der Waals surface area contributed by atoms with Crippen LogP contribution < -0.4 is 0 Å². The van der Waals surface area contributed by atoms with Crippen LogP contribution in [0.1, 0.15) is 130 Å². The Labute approximate surface area is 165 Å². The summed E-state index contributed by atoms with van der Waals surface area (Å²) in [6.45, 7) is 14.3. The maximum atomic E-state index is 2.51. The first-order chi connectivity index (χ1) is 12.3. The predicted molar refractivity (Wildman–Crippen MR) is 119 cm³/mol. The molecule has 0 aliphatic rings. The van der Waals surface area contributed by atoms with Crippen LogP contribution in [0.5, 0.6) is 0 Å². The topological polar surface area (TPSA) is 0 Å². The summed E-state index contributed by atoms with van der Waals surface area (Å²) < 4.78 is 0. The Hall–Kier alpha value is -0.780. The van der Waals surface area contributed by atoms with E-state index in [1.165, 1.54) is 88.2 Å². The monoisotopic (exact) mass is 358 g/mol. The van der Waals surface area contributed by atoms with Crippen LogP contribution >= 0.6 is 0 Å². The van der Waals surface area contributed by atoms with E-state index in [-0.39, 0.29) is 0 Å². The summed E-state index contributed by atoms with van der Waals surface area (Å²) in [6, 6.07) is 9.51. The van der Waals surface area contributed by atoms with Crippen LogP contribution in [0.25, 0.3) is 0 Å². The summed E-state index contributed by atoms with van der Waals surface area (Å²) in [5, 5.41) is 0. The molecule has 0 heteroatoms. The first kappa shape index (κ1) is 23.3. The maximum Gasteiger partial charge on any atom is -0.0103 e. The lowest BCUT2D eigenvalue weighted by Gasteiger charge is -2.30. The largest absolute Gasteiger partial charge is 0.0654 e. The van der Waals surface area contributed by atoms with Crippen molar-refractivity contribution in [3.8, 4) is 0 Å². The number of rotatable bonds is 14. The summed E-state index contributed by atoms with van der Waals surface area (Å²) in [5.41, 5.74) is 3.65. The molecular formula is C26H46. The number of hydrogen-bond donors (Lipinski definition) is 0. The molecule has 1 rings (SSSR count). The van der Waals surface area contributed by atoms with Crippen LogP contribution in [0.4, 0.5) is 0 Å². The zero-order valence-corrected chi connectivity index (χ0v) is 18.8. The standard InChI is InChI=1S/C26H46/c1-7-9-11-13-15-20-25(3,4)23-18-17-19-24(22-23)26(5,6)21-16-14-12-10-8-2/h17-19,22H,7-16,20-21H2,1-6H3. The molecule has 0 N–H and O–H groups in total. The van der Waals surface area contributed by atoms with Crippen LogP contribution in [0.3, 0.4) is 0 Å². The van der Waals surface area contributed by atoms with Crippen molar-refractivity contribution in [3.05, 3.63) is 35.4 Å². The number of hydrogen-bond acceptors (Lipinski definition) is 0. The van der Waals surface area contributed by atoms with E-state index in [4.69, 9.17) is 0 Å². The molecule has 0 aliphatic heterocycles. The van der Waals surface area contributed by atoms with Gasteiger partial charge in [-0.05, 0) is 34.8 Å². The highest BCUT2D eigenvalue weighted by molar-refractivity contribution is 5.33. The minimum Gasteiger partial charge on any atom is -0.0654 e. The van der Waals surface area contributed by atoms with Crippen molar-refractivity contribution in [3.63, 3.8) is 0 Å². The van der Waals surface area contributed by atoms with Gasteiger partial charge in [0.2, 0.25) is 0 Å². The minimum absolute atomic E-state index is 0.291. The average Bonchev–Trinajstić information content (AvgIpc) is 2.61. The maximum absolute atomic E-state index is 2.51. The molecule has 0 aliphatic carbocycles. The Morgan fingerprint density at radius 3 is 1.35 bits per heavy atom. The zero-order valence-electron chi connectivity index (χ0n) is 18.8. The fraction of sp³-hybridized carbons (Fsp3) is 0.769. The third-order valence-electron chi connectivity index (χ3n) is 6.24. The van der Waals surface area contributed by atoms with Gasteiger partial charge in [0.1, 0.15) is 0 Å². The molecule has 0 heterocycles. The van der Waals surface area contributed by atoms with E-state index in [1.807, 2.05) is 0 Å². The van der Waals surface area contributed by atoms with Gasteiger partial charge in [-0.2, -0.15) is 0 Å². The number of benzene rings is 1. The van der Waals surface area contributed by atoms with Crippen LogP contribution in [0, 0.1) is 0 Å². The molecule has 150 valence electrons. The highest BCUT2D eigenvalue weighted by Gasteiger charge is 2.24. The van der Waals surface area contributed by atoms with Gasteiger partial charge in [-0.1, -0.05) is 130 Å². The van der Waals surface area contributed by atoms with Crippen LogP contribution in [-0.4, -0.2) is 0 Å². The lowest BCUT2D eigenvalue weighted by atomic mass is 9.75. The lowest BCUT2D eigenvalue weighted by molar-refractivity contribution is 0.431. The second kappa shape index (κ2) is 11.8. The summed E-state index contributed by atoms with van der Waals surface area (Å²) in [6.07, 6.45) is 16.4. The van der Waals surface area contributed by atoms with Gasteiger partial charge >= 0.3 is 0 Å². The fourth-order valence-corrected chi connectivity index (χ4v) is 3.99. The molecule has 1 aromatic carbocycles. The SMILES string of the molecule is CCCCCCCC(C)(C)c1cccc(C(C)(C)CCCCCCC)c1. The highest BCUT2D eigenvalue weighted by Crippen LogP contribution is 2.35. The second-order valence-corrected chi connectivity index (χ2v) is 9.68. The summed E-state index contributed by atoms with van der Waals surface area (Å²) in [4.78, 5) is 0. The van der Waals surface area contributed by atoms with Crippen LogP contribution in [0.15, 0.2) is 24.3 Å². The molecule has 0 saturated carbocycles. The summed E-state index contributed by atoms with van der Waals surface area (Å²) in [7, 11) is 0. The third kappa shape index (κ3) is 8.28. The normalized spacial score (nSPS) is 12.5. The molecular weight excluding hydrogens is 312 g/mol. The average molecular weight is 359 g/mol. The Balaban J connectivity index is 2.63. The molecule has 0 atom stereocenters. The van der Waals surface area contributed by atoms with E-state index in [2.05, 4.69) is 65.8 Å². The van der Waals surface area contributed by atoms with E-state index < -0.39 is 0 Å². The molecule has 0 spiro atoms. The van der Waals surface area contributed by atoms with Gasteiger partial charge in [0.25, 0.3) is 0 Å². The van der Waals surface area contributed by atoms with Gasteiger partial charge < -0.3 is 0 Å². The van der Waals surface area contributed by atoms with Crippen molar-refractivity contribution < 1.29 is 0 Å². The summed E-state index contributed by atoms with van der Waals surface area (Å²) >= 11 is 0. The quantitative estimate of drug-likeness (QED) is 0.291. The minimum atomic E-state index is 0.291. The molecule has 1 aromatic rings. The highest BCUT2D eigenvalue weighted by atomic mass is 14.3. The van der Waals surface area contributed by atoms with E-state index in [0.29, 0.717) is 10.8 Å². The van der Waals surface area contributed by atoms with E-state index in [0.717, 1.165) is 0 Å². The molecule has 0 amide bonds. The zero-order chi connectivity index (χ0) is 19.5. The predicted octanol–water partition coefficient (Wildman–Crippen LogP) is 8.96. The Bertz CT molecular complexity index is 439. The molecule has 0 bridgehead atoms. The first-order valence-corrected chi connectivity index (χ1v) is 11.4. The summed E-state index contributed by atoms with van der Waals surface area (Å²) in [5.74, 6) is 0. The first-order valence-electron chi connectivity index (χ1n) is 11.4. The Morgan fingerprint density at radius 1 is 0.577 bits per heavy atom. The smallest absolute Gasteiger partial charge is 0.0103 e. The van der Waals surface area contributed by atoms with Crippen molar-refractivity contribution in [2.75, 3.05) is 0 Å². The molecule has 0 aromatic heterocycles. The van der Waals surface area contributed by atoms with Crippen molar-refractivity contribution in [1.82, 2.24) is 0 Å². The molecule has 26 heavy (non-hydrogen) atoms. The van der Waals surface area contributed by atoms with Gasteiger partial charge in [0.05, 0.1) is 0 Å². The van der Waals surface area contributed by atoms with Crippen molar-refractivity contribution in [1.29, 1.82) is 0 Å². The second-order valence-electron chi connectivity index (χ2n) is 9.68. The molecule has 0 radical (unpaired) electrons. The van der Waals surface area contributed by atoms with Gasteiger partial charge in [-0.15, -0.1) is 0 Å². The van der Waals surface area contributed by atoms with Gasteiger partial charge in [-0.25, -0.2) is 0 Å². The van der Waals surface area contributed by atoms with E-state index >= 15 is 0 Å². The fourth-order valence-electron chi connectivity index (χ4n) is 3.99. The van der Waals surface area contributed by atoms with Crippen LogP contribution in [0.2, 0.25) is 0 Å². The Kier molecular flexibility index (Phi) is 10.6. The van der Waals surface area contributed by atoms with Gasteiger partial charge in [-0.3, -0.25) is 0 Å². The number of unbranched alkanes of at least 4 members (excludes halogenated alkanes) is 8. The molecule has 0 unspecified atom stereocenters. The van der Waals surface area contributed by atoms with Crippen LogP contribution in [-0.2, 0) is 10.8 Å². The lowest BCUT2D eigenvalue weighted by Crippen LogP contribution is -2.21. The van der Waals surface area contributed by atoms with E-state index in [1.54, 1.807) is 0 Å². The van der Waals surface area contributed by atoms with Gasteiger partial charge in [0.15, 0.2) is 0 Å². The van der Waals surface area contributed by atoms with Crippen molar-refractivity contribution in [2.24, 2.45) is 0 Å².